The lowest BCUT2D eigenvalue weighted by Gasteiger charge is -2.29. The molecule has 0 bridgehead atoms. The third-order valence-corrected chi connectivity index (χ3v) is 4.30. The summed E-state index contributed by atoms with van der Waals surface area (Å²) in [5, 5.41) is 4.58. The quantitative estimate of drug-likeness (QED) is 0.869. The molecule has 1 aromatic heterocycles. The topological polar surface area (TPSA) is 56.7 Å². The monoisotopic (exact) mass is 234 g/mol. The first-order chi connectivity index (χ1) is 8.29. The first-order valence-corrected chi connectivity index (χ1v) is 6.90. The molecule has 0 amide bonds. The molecule has 2 atom stereocenters. The molecule has 4 nitrogen and oxygen atoms in total. The number of hydrogen-bond donors (Lipinski definition) is 1. The van der Waals surface area contributed by atoms with Crippen molar-refractivity contribution in [1.82, 2.24) is 14.8 Å². The fourth-order valence-corrected chi connectivity index (χ4v) is 3.08. The molecule has 94 valence electrons. The highest BCUT2D eigenvalue weighted by atomic mass is 15.3. The second-order valence-electron chi connectivity index (χ2n) is 5.61. The number of hydrogen-bond acceptors (Lipinski definition) is 3. The summed E-state index contributed by atoms with van der Waals surface area (Å²) in [6.07, 6.45) is 7.67. The van der Waals surface area contributed by atoms with E-state index in [9.17, 15) is 0 Å². The predicted octanol–water partition coefficient (Wildman–Crippen LogP) is 1.93. The molecule has 2 N–H and O–H groups in total. The maximum Gasteiger partial charge on any atom is 0.154 e. The highest BCUT2D eigenvalue weighted by molar-refractivity contribution is 5.10. The van der Waals surface area contributed by atoms with Gasteiger partial charge in [-0.15, -0.1) is 0 Å². The number of nitrogens with zero attached hydrogens (tertiary/aromatic N) is 3. The standard InChI is InChI=1S/C13H22N4/c1-17-13(15-12(16-17)9-6-7-9)11-5-3-2-4-10(11)8-14/h9-11H,2-8,14H2,1H3. The molecule has 0 saturated heterocycles. The first kappa shape index (κ1) is 11.2. The van der Waals surface area contributed by atoms with Gasteiger partial charge in [-0.2, -0.15) is 5.10 Å². The van der Waals surface area contributed by atoms with Crippen LogP contribution >= 0.6 is 0 Å². The fourth-order valence-electron chi connectivity index (χ4n) is 3.08. The summed E-state index contributed by atoms with van der Waals surface area (Å²) in [5.41, 5.74) is 5.90. The lowest BCUT2D eigenvalue weighted by Crippen LogP contribution is -2.27. The summed E-state index contributed by atoms with van der Waals surface area (Å²) in [6.45, 7) is 0.788. The van der Waals surface area contributed by atoms with Gasteiger partial charge in [0.25, 0.3) is 0 Å². The van der Waals surface area contributed by atoms with E-state index in [2.05, 4.69) is 5.10 Å². The van der Waals surface area contributed by atoms with Gasteiger partial charge >= 0.3 is 0 Å². The minimum Gasteiger partial charge on any atom is -0.330 e. The van der Waals surface area contributed by atoms with E-state index in [4.69, 9.17) is 10.7 Å². The van der Waals surface area contributed by atoms with Crippen molar-refractivity contribution in [3.8, 4) is 0 Å². The average Bonchev–Trinajstić information content (AvgIpc) is 3.13. The number of nitrogens with two attached hydrogens (primary N) is 1. The van der Waals surface area contributed by atoms with Gasteiger partial charge in [-0.1, -0.05) is 12.8 Å². The molecule has 0 aliphatic heterocycles. The summed E-state index contributed by atoms with van der Waals surface area (Å²) >= 11 is 0. The van der Waals surface area contributed by atoms with Gasteiger partial charge in [0.2, 0.25) is 0 Å². The van der Waals surface area contributed by atoms with E-state index >= 15 is 0 Å². The summed E-state index contributed by atoms with van der Waals surface area (Å²) in [5.74, 6) is 4.05. The molecule has 1 heterocycles. The van der Waals surface area contributed by atoms with E-state index in [0.717, 1.165) is 12.4 Å². The summed E-state index contributed by atoms with van der Waals surface area (Å²) in [6, 6.07) is 0. The van der Waals surface area contributed by atoms with Crippen LogP contribution in [0.1, 0.15) is 62.0 Å². The Hall–Kier alpha value is -0.900. The van der Waals surface area contributed by atoms with E-state index in [1.165, 1.54) is 44.3 Å². The zero-order chi connectivity index (χ0) is 11.8. The maximum absolute atomic E-state index is 5.90. The van der Waals surface area contributed by atoms with Gasteiger partial charge in [0, 0.05) is 18.9 Å². The number of aryl methyl sites for hydroxylation is 1. The summed E-state index contributed by atoms with van der Waals surface area (Å²) in [7, 11) is 2.04. The van der Waals surface area contributed by atoms with Crippen LogP contribution in [0.25, 0.3) is 0 Å². The zero-order valence-electron chi connectivity index (χ0n) is 10.6. The molecular weight excluding hydrogens is 212 g/mol. The van der Waals surface area contributed by atoms with Crippen LogP contribution in [0, 0.1) is 5.92 Å². The van der Waals surface area contributed by atoms with Crippen LogP contribution in [-0.2, 0) is 7.05 Å². The Morgan fingerprint density at radius 3 is 2.71 bits per heavy atom. The molecule has 17 heavy (non-hydrogen) atoms. The van der Waals surface area contributed by atoms with Crippen LogP contribution in [0.3, 0.4) is 0 Å². The van der Waals surface area contributed by atoms with E-state index in [0.29, 0.717) is 17.8 Å². The Bertz CT molecular complexity index is 394. The third-order valence-electron chi connectivity index (χ3n) is 4.30. The van der Waals surface area contributed by atoms with Crippen molar-refractivity contribution in [3.63, 3.8) is 0 Å². The van der Waals surface area contributed by atoms with Crippen LogP contribution in [-0.4, -0.2) is 21.3 Å². The van der Waals surface area contributed by atoms with Gasteiger partial charge in [0.1, 0.15) is 5.82 Å². The lowest BCUT2D eigenvalue weighted by atomic mass is 9.79. The Morgan fingerprint density at radius 1 is 1.24 bits per heavy atom. The zero-order valence-corrected chi connectivity index (χ0v) is 10.6. The SMILES string of the molecule is Cn1nc(C2CC2)nc1C1CCCCC1CN. The first-order valence-electron chi connectivity index (χ1n) is 6.90. The van der Waals surface area contributed by atoms with Gasteiger partial charge in [-0.25, -0.2) is 4.98 Å². The van der Waals surface area contributed by atoms with Crippen molar-refractivity contribution in [1.29, 1.82) is 0 Å². The molecule has 2 aliphatic rings. The van der Waals surface area contributed by atoms with Crippen LogP contribution in [0.15, 0.2) is 0 Å². The number of rotatable bonds is 3. The van der Waals surface area contributed by atoms with Crippen molar-refractivity contribution in [2.45, 2.75) is 50.4 Å². The molecule has 2 fully saturated rings. The molecule has 2 unspecified atom stereocenters. The lowest BCUT2D eigenvalue weighted by molar-refractivity contribution is 0.298. The van der Waals surface area contributed by atoms with Crippen molar-refractivity contribution in [2.75, 3.05) is 6.54 Å². The molecule has 4 heteroatoms. The van der Waals surface area contributed by atoms with E-state index in [-0.39, 0.29) is 0 Å². The van der Waals surface area contributed by atoms with E-state index in [1.54, 1.807) is 0 Å². The molecule has 1 aromatic rings. The molecule has 0 spiro atoms. The van der Waals surface area contributed by atoms with Gasteiger partial charge in [-0.05, 0) is 38.1 Å². The average molecular weight is 234 g/mol. The smallest absolute Gasteiger partial charge is 0.154 e. The molecule has 2 aliphatic carbocycles. The molecule has 0 radical (unpaired) electrons. The normalized spacial score (nSPS) is 29.5. The van der Waals surface area contributed by atoms with Gasteiger partial charge in [-0.3, -0.25) is 4.68 Å². The second-order valence-corrected chi connectivity index (χ2v) is 5.61. The molecule has 3 rings (SSSR count). The van der Waals surface area contributed by atoms with E-state index in [1.807, 2.05) is 11.7 Å². The Kier molecular flexibility index (Phi) is 2.90. The minimum atomic E-state index is 0.541. The number of aromatic nitrogens is 3. The van der Waals surface area contributed by atoms with Crippen molar-refractivity contribution < 1.29 is 0 Å². The second kappa shape index (κ2) is 4.41. The largest absolute Gasteiger partial charge is 0.330 e. The highest BCUT2D eigenvalue weighted by Crippen LogP contribution is 2.40. The van der Waals surface area contributed by atoms with Crippen LogP contribution in [0.4, 0.5) is 0 Å². The maximum atomic E-state index is 5.90. The molecule has 0 aromatic carbocycles. The third kappa shape index (κ3) is 2.10. The highest BCUT2D eigenvalue weighted by Gasteiger charge is 2.33. The van der Waals surface area contributed by atoms with Gasteiger partial charge in [0.15, 0.2) is 5.82 Å². The van der Waals surface area contributed by atoms with Crippen LogP contribution in [0.2, 0.25) is 0 Å². The summed E-state index contributed by atoms with van der Waals surface area (Å²) in [4.78, 5) is 4.79. The van der Waals surface area contributed by atoms with Crippen LogP contribution < -0.4 is 5.73 Å². The summed E-state index contributed by atoms with van der Waals surface area (Å²) < 4.78 is 2.01. The molecule has 2 saturated carbocycles. The van der Waals surface area contributed by atoms with Crippen molar-refractivity contribution >= 4 is 0 Å². The van der Waals surface area contributed by atoms with Gasteiger partial charge < -0.3 is 5.73 Å². The Balaban J connectivity index is 1.85. The van der Waals surface area contributed by atoms with Crippen LogP contribution in [0.5, 0.6) is 0 Å². The predicted molar refractivity (Wildman–Crippen MR) is 66.7 cm³/mol. The fraction of sp³-hybridized carbons (Fsp3) is 0.846. The molecular formula is C13H22N4. The Morgan fingerprint density at radius 2 is 2.00 bits per heavy atom. The van der Waals surface area contributed by atoms with E-state index < -0.39 is 0 Å². The van der Waals surface area contributed by atoms with Gasteiger partial charge in [0.05, 0.1) is 0 Å². The minimum absolute atomic E-state index is 0.541. The van der Waals surface area contributed by atoms with Crippen molar-refractivity contribution in [3.05, 3.63) is 11.6 Å². The van der Waals surface area contributed by atoms with Crippen molar-refractivity contribution in [2.24, 2.45) is 18.7 Å². The Labute approximate surface area is 103 Å².